The Balaban J connectivity index is 1.59. The van der Waals surface area contributed by atoms with Crippen LogP contribution in [-0.2, 0) is 4.74 Å². The van der Waals surface area contributed by atoms with Gasteiger partial charge in [-0.3, -0.25) is 0 Å². The van der Waals surface area contributed by atoms with E-state index >= 15 is 0 Å². The second-order valence-corrected chi connectivity index (χ2v) is 11.3. The molecule has 0 spiro atoms. The van der Waals surface area contributed by atoms with Crippen LogP contribution in [0, 0.1) is 35.0 Å². The van der Waals surface area contributed by atoms with Crippen molar-refractivity contribution in [1.82, 2.24) is 0 Å². The topological polar surface area (TPSA) is 49.7 Å². The van der Waals surface area contributed by atoms with E-state index in [2.05, 4.69) is 39.8 Å². The third-order valence-corrected chi connectivity index (χ3v) is 8.87. The van der Waals surface area contributed by atoms with Gasteiger partial charge in [0.05, 0.1) is 12.2 Å². The second-order valence-electron chi connectivity index (χ2n) is 11.3. The largest absolute Gasteiger partial charge is 0.390 e. The maximum absolute atomic E-state index is 11.2. The normalized spacial score (nSPS) is 50.2. The summed E-state index contributed by atoms with van der Waals surface area (Å²) < 4.78 is 5.85. The minimum Gasteiger partial charge on any atom is -0.390 e. The quantitative estimate of drug-likeness (QED) is 0.649. The van der Waals surface area contributed by atoms with E-state index in [0.29, 0.717) is 18.9 Å². The van der Waals surface area contributed by atoms with Crippen LogP contribution in [0.5, 0.6) is 0 Å². The fraction of sp³-hybridized carbons (Fsp3) is 0.840. The number of hydrogen-bond acceptors (Lipinski definition) is 3. The van der Waals surface area contributed by atoms with Crippen molar-refractivity contribution < 1.29 is 14.9 Å². The van der Waals surface area contributed by atoms with Crippen molar-refractivity contribution in [2.45, 2.75) is 91.0 Å². The molecule has 3 aliphatic carbocycles. The van der Waals surface area contributed by atoms with Gasteiger partial charge < -0.3 is 14.9 Å². The number of fused-ring (bicyclic) bond motifs is 1. The highest BCUT2D eigenvalue weighted by Crippen LogP contribution is 2.63. The second kappa shape index (κ2) is 6.96. The lowest BCUT2D eigenvalue weighted by atomic mass is 9.62. The molecule has 0 bridgehead atoms. The molecular weight excluding hydrogens is 348 g/mol. The first kappa shape index (κ1) is 20.6. The first-order chi connectivity index (χ1) is 13.1. The highest BCUT2D eigenvalue weighted by molar-refractivity contribution is 5.26. The number of hydrogen-bond donors (Lipinski definition) is 2. The van der Waals surface area contributed by atoms with Gasteiger partial charge in [-0.05, 0) is 94.0 Å². The number of allylic oxidation sites excluding steroid dienone is 3. The summed E-state index contributed by atoms with van der Waals surface area (Å²) in [6.07, 6.45) is 12.2. The molecule has 8 atom stereocenters. The molecule has 3 fully saturated rings. The van der Waals surface area contributed by atoms with Crippen LogP contribution in [0.3, 0.4) is 0 Å². The van der Waals surface area contributed by atoms with Gasteiger partial charge in [0.15, 0.2) is 5.79 Å². The Morgan fingerprint density at radius 2 is 2.04 bits per heavy atom. The Morgan fingerprint density at radius 1 is 1.29 bits per heavy atom. The summed E-state index contributed by atoms with van der Waals surface area (Å²) in [6.45, 7) is 11.7. The Morgan fingerprint density at radius 3 is 2.75 bits per heavy atom. The van der Waals surface area contributed by atoms with E-state index in [-0.39, 0.29) is 17.3 Å². The summed E-state index contributed by atoms with van der Waals surface area (Å²) >= 11 is 0. The van der Waals surface area contributed by atoms with Crippen molar-refractivity contribution in [3.8, 4) is 0 Å². The highest BCUT2D eigenvalue weighted by atomic mass is 16.6. The van der Waals surface area contributed by atoms with Gasteiger partial charge in [-0.1, -0.05) is 31.6 Å². The zero-order chi connectivity index (χ0) is 20.3. The molecule has 0 aromatic heterocycles. The molecule has 0 aromatic rings. The molecule has 0 aromatic carbocycles. The molecular formula is C25H40O3. The summed E-state index contributed by atoms with van der Waals surface area (Å²) in [5.41, 5.74) is 2.06. The van der Waals surface area contributed by atoms with Crippen LogP contribution in [0.25, 0.3) is 0 Å². The van der Waals surface area contributed by atoms with Gasteiger partial charge in [-0.2, -0.15) is 0 Å². The zero-order valence-corrected chi connectivity index (χ0v) is 18.5. The molecule has 28 heavy (non-hydrogen) atoms. The van der Waals surface area contributed by atoms with Gasteiger partial charge in [0.2, 0.25) is 0 Å². The lowest BCUT2D eigenvalue weighted by Crippen LogP contribution is -2.40. The van der Waals surface area contributed by atoms with Crippen LogP contribution in [0.1, 0.15) is 79.6 Å². The Hall–Kier alpha value is -0.640. The molecule has 0 amide bonds. The summed E-state index contributed by atoms with van der Waals surface area (Å²) in [4.78, 5) is 0. The highest BCUT2D eigenvalue weighted by Gasteiger charge is 2.65. The van der Waals surface area contributed by atoms with Crippen molar-refractivity contribution in [3.05, 3.63) is 23.3 Å². The van der Waals surface area contributed by atoms with Crippen LogP contribution in [0.4, 0.5) is 0 Å². The van der Waals surface area contributed by atoms with Gasteiger partial charge in [0.25, 0.3) is 0 Å². The SMILES string of the molecule is CC(C)=CCC[C@@H](C)[C@H]1CC[C@]2(C)C[C@H]3[C@@H]4/C(=C\C[C@@H]12)CO[C@]4(O)C[C@@]3(C)O. The molecule has 0 unspecified atom stereocenters. The summed E-state index contributed by atoms with van der Waals surface area (Å²) in [6, 6.07) is 0. The molecule has 3 nitrogen and oxygen atoms in total. The van der Waals surface area contributed by atoms with Crippen molar-refractivity contribution in [2.24, 2.45) is 35.0 Å². The Bertz CT molecular complexity index is 673. The van der Waals surface area contributed by atoms with E-state index in [0.717, 1.165) is 24.7 Å². The molecule has 1 saturated heterocycles. The van der Waals surface area contributed by atoms with Crippen LogP contribution < -0.4 is 0 Å². The standard InChI is InChI=1S/C25H40O3/c1-16(2)7-6-8-17(3)19-11-12-23(4)13-21-22-18(9-10-20(19)23)14-28-25(22,27)15-24(21,5)26/h7,9,17,19-22,26-27H,6,8,10-15H2,1-5H3/b18-9-/t17-,19-,20+,21+,22+,23-,24-,25-/m1/s1. The predicted molar refractivity (Wildman–Crippen MR) is 113 cm³/mol. The van der Waals surface area contributed by atoms with Gasteiger partial charge in [-0.25, -0.2) is 0 Å². The van der Waals surface area contributed by atoms with Gasteiger partial charge in [0, 0.05) is 12.3 Å². The molecule has 1 aliphatic heterocycles. The van der Waals surface area contributed by atoms with E-state index in [1.54, 1.807) is 0 Å². The third kappa shape index (κ3) is 3.32. The Kier molecular flexibility index (Phi) is 5.13. The average molecular weight is 389 g/mol. The number of ether oxygens (including phenoxy) is 1. The van der Waals surface area contributed by atoms with E-state index < -0.39 is 11.4 Å². The first-order valence-electron chi connectivity index (χ1n) is 11.5. The van der Waals surface area contributed by atoms with Gasteiger partial charge in [0.1, 0.15) is 0 Å². The van der Waals surface area contributed by atoms with Crippen molar-refractivity contribution in [2.75, 3.05) is 6.61 Å². The van der Waals surface area contributed by atoms with Crippen molar-refractivity contribution in [3.63, 3.8) is 0 Å². The molecule has 0 radical (unpaired) electrons. The van der Waals surface area contributed by atoms with Crippen molar-refractivity contribution in [1.29, 1.82) is 0 Å². The van der Waals surface area contributed by atoms with Gasteiger partial charge in [-0.15, -0.1) is 0 Å². The zero-order valence-electron chi connectivity index (χ0n) is 18.5. The number of aliphatic hydroxyl groups is 2. The fourth-order valence-electron chi connectivity index (χ4n) is 7.36. The van der Waals surface area contributed by atoms with Crippen LogP contribution in [-0.4, -0.2) is 28.2 Å². The molecule has 2 N–H and O–H groups in total. The minimum absolute atomic E-state index is 0.0191. The average Bonchev–Trinajstić information content (AvgIpc) is 3.11. The van der Waals surface area contributed by atoms with Gasteiger partial charge >= 0.3 is 0 Å². The molecule has 158 valence electrons. The smallest absolute Gasteiger partial charge is 0.175 e. The minimum atomic E-state index is -1.15. The molecule has 2 saturated carbocycles. The maximum atomic E-state index is 11.2. The maximum Gasteiger partial charge on any atom is 0.175 e. The van der Waals surface area contributed by atoms with E-state index in [1.165, 1.54) is 36.8 Å². The van der Waals surface area contributed by atoms with E-state index in [4.69, 9.17) is 4.74 Å². The third-order valence-electron chi connectivity index (χ3n) is 8.87. The van der Waals surface area contributed by atoms with Crippen LogP contribution >= 0.6 is 0 Å². The van der Waals surface area contributed by atoms with E-state index in [9.17, 15) is 10.2 Å². The summed E-state index contributed by atoms with van der Waals surface area (Å²) in [5.74, 6) is 1.09. The van der Waals surface area contributed by atoms with Crippen molar-refractivity contribution >= 4 is 0 Å². The monoisotopic (exact) mass is 388 g/mol. The molecule has 1 heterocycles. The lowest BCUT2D eigenvalue weighted by Gasteiger charge is -2.43. The molecule has 4 aliphatic rings. The van der Waals surface area contributed by atoms with E-state index in [1.807, 2.05) is 6.92 Å². The van der Waals surface area contributed by atoms with Crippen LogP contribution in [0.2, 0.25) is 0 Å². The first-order valence-corrected chi connectivity index (χ1v) is 11.5. The summed E-state index contributed by atoms with van der Waals surface area (Å²) in [7, 11) is 0. The van der Waals surface area contributed by atoms with Crippen LogP contribution in [0.15, 0.2) is 23.3 Å². The Labute approximate surface area is 171 Å². The molecule has 4 rings (SSSR count). The predicted octanol–water partition coefficient (Wildman–Crippen LogP) is 5.23. The lowest BCUT2D eigenvalue weighted by molar-refractivity contribution is -0.191. The fourth-order valence-corrected chi connectivity index (χ4v) is 7.36. The molecule has 3 heteroatoms. The number of rotatable bonds is 4. The summed E-state index contributed by atoms with van der Waals surface area (Å²) in [5, 5.41) is 22.3.